The van der Waals surface area contributed by atoms with Gasteiger partial charge < -0.3 is 10.4 Å². The van der Waals surface area contributed by atoms with Crippen molar-refractivity contribution in [2.75, 3.05) is 6.61 Å². The maximum absolute atomic E-state index is 13.7. The summed E-state index contributed by atoms with van der Waals surface area (Å²) >= 11 is 1.53. The maximum Gasteiger partial charge on any atom is 0.254 e. The van der Waals surface area contributed by atoms with Gasteiger partial charge in [0.05, 0.1) is 5.56 Å². The number of aliphatic hydroxyl groups is 1. The Balaban J connectivity index is 2.12. The van der Waals surface area contributed by atoms with Crippen LogP contribution < -0.4 is 5.32 Å². The number of rotatable bonds is 3. The second-order valence-corrected chi connectivity index (χ2v) is 4.75. The summed E-state index contributed by atoms with van der Waals surface area (Å²) in [6.45, 7) is 0.0748. The average Bonchev–Trinajstić information content (AvgIpc) is 2.97. The van der Waals surface area contributed by atoms with Crippen molar-refractivity contribution < 1.29 is 14.3 Å². The van der Waals surface area contributed by atoms with Crippen molar-refractivity contribution in [1.82, 2.24) is 5.32 Å². The number of thiophene rings is 1. The van der Waals surface area contributed by atoms with E-state index in [-0.39, 0.29) is 12.2 Å². The summed E-state index contributed by atoms with van der Waals surface area (Å²) in [7, 11) is 0. The second kappa shape index (κ2) is 6.85. The number of benzene rings is 1. The molecule has 0 saturated heterocycles. The third-order valence-electron chi connectivity index (χ3n) is 2.56. The molecule has 102 valence electrons. The van der Waals surface area contributed by atoms with Gasteiger partial charge in [0.2, 0.25) is 0 Å². The van der Waals surface area contributed by atoms with Crippen molar-refractivity contribution in [3.05, 3.63) is 57.5 Å². The Bertz CT molecular complexity index is 656. The Morgan fingerprint density at radius 2 is 2.25 bits per heavy atom. The van der Waals surface area contributed by atoms with Crippen LogP contribution >= 0.6 is 11.3 Å². The van der Waals surface area contributed by atoms with Gasteiger partial charge in [0, 0.05) is 12.1 Å². The lowest BCUT2D eigenvalue weighted by Gasteiger charge is -2.05. The third-order valence-corrected chi connectivity index (χ3v) is 3.29. The van der Waals surface area contributed by atoms with Crippen molar-refractivity contribution in [3.63, 3.8) is 0 Å². The van der Waals surface area contributed by atoms with Gasteiger partial charge in [-0.1, -0.05) is 11.8 Å². The highest BCUT2D eigenvalue weighted by Crippen LogP contribution is 2.11. The molecule has 2 aromatic rings. The predicted molar refractivity (Wildman–Crippen MR) is 75.9 cm³/mol. The minimum atomic E-state index is -0.595. The minimum Gasteiger partial charge on any atom is -0.384 e. The van der Waals surface area contributed by atoms with Gasteiger partial charge >= 0.3 is 0 Å². The molecule has 1 aromatic carbocycles. The number of hydrogen-bond donors (Lipinski definition) is 2. The Kier molecular flexibility index (Phi) is 4.88. The minimum absolute atomic E-state index is 0.0510. The number of amides is 1. The van der Waals surface area contributed by atoms with Crippen LogP contribution in [0.25, 0.3) is 0 Å². The zero-order valence-electron chi connectivity index (χ0n) is 10.5. The molecule has 0 aliphatic rings. The Morgan fingerprint density at radius 3 is 2.95 bits per heavy atom. The van der Waals surface area contributed by atoms with E-state index in [1.54, 1.807) is 0 Å². The van der Waals surface area contributed by atoms with Crippen LogP contribution in [-0.4, -0.2) is 17.6 Å². The van der Waals surface area contributed by atoms with E-state index >= 15 is 0 Å². The fourth-order valence-electron chi connectivity index (χ4n) is 1.59. The van der Waals surface area contributed by atoms with Crippen LogP contribution in [0, 0.1) is 17.7 Å². The number of carbonyl (C=O) groups excluding carboxylic acids is 1. The zero-order chi connectivity index (χ0) is 14.4. The van der Waals surface area contributed by atoms with Crippen molar-refractivity contribution in [2.24, 2.45) is 0 Å². The molecule has 0 aliphatic carbocycles. The highest BCUT2D eigenvalue weighted by Gasteiger charge is 2.11. The molecular weight excluding hydrogens is 277 g/mol. The van der Waals surface area contributed by atoms with E-state index in [1.807, 2.05) is 16.8 Å². The summed E-state index contributed by atoms with van der Waals surface area (Å²) in [5, 5.41) is 15.1. The molecule has 0 spiro atoms. The molecule has 20 heavy (non-hydrogen) atoms. The summed E-state index contributed by atoms with van der Waals surface area (Å²) < 4.78 is 13.7. The lowest BCUT2D eigenvalue weighted by atomic mass is 10.1. The van der Waals surface area contributed by atoms with Crippen molar-refractivity contribution in [3.8, 4) is 11.8 Å². The summed E-state index contributed by atoms with van der Waals surface area (Å²) in [5.74, 6) is 4.02. The van der Waals surface area contributed by atoms with Crippen LogP contribution in [0.2, 0.25) is 0 Å². The average molecular weight is 289 g/mol. The Hall–Kier alpha value is -2.16. The van der Waals surface area contributed by atoms with E-state index in [0.29, 0.717) is 12.1 Å². The first-order chi connectivity index (χ1) is 9.70. The first-order valence-corrected chi connectivity index (χ1v) is 6.83. The van der Waals surface area contributed by atoms with Gasteiger partial charge in [-0.2, -0.15) is 11.3 Å². The molecular formula is C15H12FNO2S. The number of aliphatic hydroxyl groups excluding tert-OH is 1. The molecule has 0 aliphatic heterocycles. The molecule has 5 heteroatoms. The standard InChI is InChI=1S/C15H12FNO2S/c16-14-4-3-11(2-1-6-18)8-13(14)15(19)17-9-12-5-7-20-10-12/h3-5,7-8,10,18H,6,9H2,(H,17,19). The highest BCUT2D eigenvalue weighted by atomic mass is 32.1. The van der Waals surface area contributed by atoms with E-state index in [2.05, 4.69) is 17.2 Å². The molecule has 2 rings (SSSR count). The molecule has 0 saturated carbocycles. The monoisotopic (exact) mass is 289 g/mol. The van der Waals surface area contributed by atoms with Gasteiger partial charge in [0.1, 0.15) is 12.4 Å². The van der Waals surface area contributed by atoms with Gasteiger partial charge in [0.15, 0.2) is 0 Å². The molecule has 1 heterocycles. The van der Waals surface area contributed by atoms with Gasteiger partial charge in [-0.05, 0) is 40.6 Å². The van der Waals surface area contributed by atoms with Crippen molar-refractivity contribution in [2.45, 2.75) is 6.54 Å². The highest BCUT2D eigenvalue weighted by molar-refractivity contribution is 7.07. The summed E-state index contributed by atoms with van der Waals surface area (Å²) in [6, 6.07) is 5.93. The number of hydrogen-bond acceptors (Lipinski definition) is 3. The van der Waals surface area contributed by atoms with Crippen LogP contribution in [0.5, 0.6) is 0 Å². The van der Waals surface area contributed by atoms with Crippen molar-refractivity contribution in [1.29, 1.82) is 0 Å². The maximum atomic E-state index is 13.7. The first kappa shape index (κ1) is 14.3. The van der Waals surface area contributed by atoms with Crippen LogP contribution in [0.4, 0.5) is 4.39 Å². The lowest BCUT2D eigenvalue weighted by molar-refractivity contribution is 0.0947. The van der Waals surface area contributed by atoms with E-state index in [9.17, 15) is 9.18 Å². The molecule has 3 nitrogen and oxygen atoms in total. The zero-order valence-corrected chi connectivity index (χ0v) is 11.3. The van der Waals surface area contributed by atoms with Crippen LogP contribution in [0.3, 0.4) is 0 Å². The molecule has 0 bridgehead atoms. The predicted octanol–water partition coefficient (Wildman–Crippen LogP) is 2.16. The topological polar surface area (TPSA) is 49.3 Å². The van der Waals surface area contributed by atoms with Gasteiger partial charge in [-0.25, -0.2) is 4.39 Å². The molecule has 1 aromatic heterocycles. The molecule has 0 radical (unpaired) electrons. The third kappa shape index (κ3) is 3.67. The van der Waals surface area contributed by atoms with E-state index in [0.717, 1.165) is 5.56 Å². The molecule has 0 unspecified atom stereocenters. The Morgan fingerprint density at radius 1 is 1.40 bits per heavy atom. The number of nitrogens with one attached hydrogen (secondary N) is 1. The normalized spacial score (nSPS) is 9.70. The summed E-state index contributed by atoms with van der Waals surface area (Å²) in [6.07, 6.45) is 0. The van der Waals surface area contributed by atoms with Crippen molar-refractivity contribution >= 4 is 17.2 Å². The first-order valence-electron chi connectivity index (χ1n) is 5.89. The fraction of sp³-hybridized carbons (Fsp3) is 0.133. The molecule has 2 N–H and O–H groups in total. The Labute approximate surface area is 120 Å². The van der Waals surface area contributed by atoms with Crippen LogP contribution in [-0.2, 0) is 6.54 Å². The van der Waals surface area contributed by atoms with Crippen LogP contribution in [0.15, 0.2) is 35.0 Å². The van der Waals surface area contributed by atoms with E-state index in [4.69, 9.17) is 5.11 Å². The fourth-order valence-corrected chi connectivity index (χ4v) is 2.26. The van der Waals surface area contributed by atoms with Gasteiger partial charge in [-0.15, -0.1) is 0 Å². The number of carbonyl (C=O) groups is 1. The lowest BCUT2D eigenvalue weighted by Crippen LogP contribution is -2.23. The quantitative estimate of drug-likeness (QED) is 0.851. The summed E-state index contributed by atoms with van der Waals surface area (Å²) in [5.41, 5.74) is 1.41. The smallest absolute Gasteiger partial charge is 0.254 e. The second-order valence-electron chi connectivity index (χ2n) is 3.97. The molecule has 1 amide bonds. The van der Waals surface area contributed by atoms with Gasteiger partial charge in [0.25, 0.3) is 5.91 Å². The summed E-state index contributed by atoms with van der Waals surface area (Å²) in [4.78, 5) is 11.9. The number of halogens is 1. The largest absolute Gasteiger partial charge is 0.384 e. The van der Waals surface area contributed by atoms with Gasteiger partial charge in [-0.3, -0.25) is 4.79 Å². The van der Waals surface area contributed by atoms with E-state index < -0.39 is 11.7 Å². The SMILES string of the molecule is O=C(NCc1ccsc1)c1cc(C#CCO)ccc1F. The van der Waals surface area contributed by atoms with E-state index in [1.165, 1.54) is 29.5 Å². The van der Waals surface area contributed by atoms with Crippen LogP contribution in [0.1, 0.15) is 21.5 Å². The molecule has 0 atom stereocenters. The molecule has 0 fully saturated rings.